The van der Waals surface area contributed by atoms with Gasteiger partial charge in [0.2, 0.25) is 5.91 Å². The van der Waals surface area contributed by atoms with E-state index in [9.17, 15) is 23.2 Å². The molecule has 3 aromatic carbocycles. The number of carbonyl (C=O) groups is 3. The van der Waals surface area contributed by atoms with E-state index in [-0.39, 0.29) is 23.2 Å². The highest BCUT2D eigenvalue weighted by atomic mass is 19.1. The molecule has 3 aromatic rings. The predicted octanol–water partition coefficient (Wildman–Crippen LogP) is 3.81. The number of hydrogen-bond donors (Lipinski definition) is 1. The minimum absolute atomic E-state index is 0.0426. The molecule has 0 fully saturated rings. The van der Waals surface area contributed by atoms with Crippen LogP contribution in [0.15, 0.2) is 72.8 Å². The van der Waals surface area contributed by atoms with Gasteiger partial charge in [0.1, 0.15) is 17.7 Å². The molecule has 1 N–H and O–H groups in total. The molecule has 0 saturated carbocycles. The maximum Gasteiger partial charge on any atom is 0.262 e. The number of amides is 3. The molecule has 5 nitrogen and oxygen atoms in total. The third-order valence-corrected chi connectivity index (χ3v) is 4.90. The highest BCUT2D eigenvalue weighted by Gasteiger charge is 2.42. The van der Waals surface area contributed by atoms with Crippen molar-refractivity contribution in [3.05, 3.63) is 101 Å². The van der Waals surface area contributed by atoms with Gasteiger partial charge < -0.3 is 5.32 Å². The molecular weight excluding hydrogens is 390 g/mol. The second-order valence-electron chi connectivity index (χ2n) is 6.84. The highest BCUT2D eigenvalue weighted by molar-refractivity contribution is 6.23. The number of carbonyl (C=O) groups excluding carboxylic acids is 3. The average Bonchev–Trinajstić information content (AvgIpc) is 3.00. The summed E-state index contributed by atoms with van der Waals surface area (Å²) < 4.78 is 27.2. The number of hydrogen-bond acceptors (Lipinski definition) is 3. The average molecular weight is 406 g/mol. The normalized spacial score (nSPS) is 13.9. The van der Waals surface area contributed by atoms with Gasteiger partial charge in [0.25, 0.3) is 11.8 Å². The van der Waals surface area contributed by atoms with E-state index >= 15 is 0 Å². The smallest absolute Gasteiger partial charge is 0.262 e. The van der Waals surface area contributed by atoms with Gasteiger partial charge in [-0.25, -0.2) is 8.78 Å². The Hall–Kier alpha value is -3.87. The molecule has 1 aliphatic rings. The summed E-state index contributed by atoms with van der Waals surface area (Å²) in [6.07, 6.45) is 0.0426. The Kier molecular flexibility index (Phi) is 5.10. The third kappa shape index (κ3) is 3.57. The lowest BCUT2D eigenvalue weighted by Gasteiger charge is -2.25. The molecule has 0 aromatic heterocycles. The van der Waals surface area contributed by atoms with Crippen LogP contribution in [0.3, 0.4) is 0 Å². The summed E-state index contributed by atoms with van der Waals surface area (Å²) in [4.78, 5) is 39.8. The van der Waals surface area contributed by atoms with Crippen molar-refractivity contribution in [3.63, 3.8) is 0 Å². The Balaban J connectivity index is 1.69. The molecule has 0 aliphatic carbocycles. The van der Waals surface area contributed by atoms with E-state index in [1.807, 2.05) is 0 Å². The lowest BCUT2D eigenvalue weighted by atomic mass is 10.0. The zero-order valence-electron chi connectivity index (χ0n) is 15.6. The first-order valence-electron chi connectivity index (χ1n) is 9.22. The third-order valence-electron chi connectivity index (χ3n) is 4.90. The summed E-state index contributed by atoms with van der Waals surface area (Å²) in [7, 11) is 0. The number of fused-ring (bicyclic) bond motifs is 1. The van der Waals surface area contributed by atoms with Crippen LogP contribution in [0.1, 0.15) is 26.3 Å². The molecule has 4 rings (SSSR count). The number of rotatable bonds is 5. The first-order valence-corrected chi connectivity index (χ1v) is 9.22. The van der Waals surface area contributed by atoms with Crippen molar-refractivity contribution in [3.8, 4) is 0 Å². The summed E-state index contributed by atoms with van der Waals surface area (Å²) in [5.41, 5.74) is 0.896. The summed E-state index contributed by atoms with van der Waals surface area (Å²) in [6.45, 7) is 0. The van der Waals surface area contributed by atoms with E-state index in [1.54, 1.807) is 42.5 Å². The predicted molar refractivity (Wildman–Crippen MR) is 106 cm³/mol. The molecule has 1 heterocycles. The molecule has 0 bridgehead atoms. The summed E-state index contributed by atoms with van der Waals surface area (Å²) in [5, 5.41) is 2.38. The summed E-state index contributed by atoms with van der Waals surface area (Å²) >= 11 is 0. The van der Waals surface area contributed by atoms with E-state index < -0.39 is 35.4 Å². The minimum Gasteiger partial charge on any atom is -0.322 e. The fourth-order valence-corrected chi connectivity index (χ4v) is 3.44. The van der Waals surface area contributed by atoms with E-state index in [1.165, 1.54) is 12.1 Å². The number of nitrogens with one attached hydrogen (secondary N) is 1. The van der Waals surface area contributed by atoms with Crippen molar-refractivity contribution < 1.29 is 23.2 Å². The Bertz CT molecular complexity index is 1110. The molecular formula is C23H16F2N2O3. The zero-order chi connectivity index (χ0) is 21.3. The van der Waals surface area contributed by atoms with Gasteiger partial charge in [-0.3, -0.25) is 19.3 Å². The fraction of sp³-hybridized carbons (Fsp3) is 0.0870. The van der Waals surface area contributed by atoms with Crippen LogP contribution in [-0.4, -0.2) is 28.7 Å². The molecule has 0 spiro atoms. The molecule has 0 unspecified atom stereocenters. The van der Waals surface area contributed by atoms with Gasteiger partial charge in [-0.05, 0) is 29.8 Å². The molecule has 7 heteroatoms. The van der Waals surface area contributed by atoms with Crippen molar-refractivity contribution in [2.75, 3.05) is 5.32 Å². The second kappa shape index (κ2) is 7.87. The van der Waals surface area contributed by atoms with Gasteiger partial charge in [0.05, 0.1) is 16.8 Å². The van der Waals surface area contributed by atoms with Crippen LogP contribution in [0, 0.1) is 11.6 Å². The molecule has 150 valence electrons. The first-order chi connectivity index (χ1) is 14.5. The number of imide groups is 1. The number of anilines is 1. The lowest BCUT2D eigenvalue weighted by Crippen LogP contribution is -2.48. The van der Waals surface area contributed by atoms with Gasteiger partial charge in [-0.2, -0.15) is 0 Å². The van der Waals surface area contributed by atoms with Crippen molar-refractivity contribution in [2.45, 2.75) is 12.5 Å². The molecule has 30 heavy (non-hydrogen) atoms. The van der Waals surface area contributed by atoms with Crippen LogP contribution in [-0.2, 0) is 11.2 Å². The van der Waals surface area contributed by atoms with Crippen molar-refractivity contribution in [1.82, 2.24) is 4.90 Å². The summed E-state index contributed by atoms with van der Waals surface area (Å²) in [5.74, 6) is -3.67. The Morgan fingerprint density at radius 3 is 2.07 bits per heavy atom. The van der Waals surface area contributed by atoms with E-state index in [0.717, 1.165) is 17.0 Å². The summed E-state index contributed by atoms with van der Waals surface area (Å²) in [6, 6.07) is 16.7. The molecule has 3 amide bonds. The van der Waals surface area contributed by atoms with Crippen LogP contribution >= 0.6 is 0 Å². The van der Waals surface area contributed by atoms with Crippen molar-refractivity contribution in [1.29, 1.82) is 0 Å². The molecule has 0 radical (unpaired) electrons. The minimum atomic E-state index is -1.22. The van der Waals surface area contributed by atoms with Crippen molar-refractivity contribution in [2.24, 2.45) is 0 Å². The van der Waals surface area contributed by atoms with E-state index in [4.69, 9.17) is 0 Å². The van der Waals surface area contributed by atoms with E-state index in [2.05, 4.69) is 5.32 Å². The van der Waals surface area contributed by atoms with Gasteiger partial charge in [-0.1, -0.05) is 42.5 Å². The van der Waals surface area contributed by atoms with Crippen molar-refractivity contribution >= 4 is 23.4 Å². The maximum atomic E-state index is 14.0. The van der Waals surface area contributed by atoms with E-state index in [0.29, 0.717) is 11.6 Å². The number of nitrogens with zero attached hydrogens (tertiary/aromatic N) is 1. The molecule has 0 saturated heterocycles. The van der Waals surface area contributed by atoms with Crippen LogP contribution in [0.4, 0.5) is 14.5 Å². The van der Waals surface area contributed by atoms with Gasteiger partial charge >= 0.3 is 0 Å². The standard InChI is InChI=1S/C23H16F2N2O3/c24-15-10-11-19(18(25)13-15)26-21(28)20(12-14-6-2-1-3-7-14)27-22(29)16-8-4-5-9-17(16)23(27)30/h1-11,13,20H,12H2,(H,26,28)/t20-/m1/s1. The van der Waals surface area contributed by atoms with Crippen LogP contribution in [0.2, 0.25) is 0 Å². The largest absolute Gasteiger partial charge is 0.322 e. The zero-order valence-corrected chi connectivity index (χ0v) is 15.6. The first kappa shape index (κ1) is 19.4. The fourth-order valence-electron chi connectivity index (χ4n) is 3.44. The molecule has 1 atom stereocenters. The second-order valence-corrected chi connectivity index (χ2v) is 6.84. The van der Waals surface area contributed by atoms with Gasteiger partial charge in [-0.15, -0.1) is 0 Å². The van der Waals surface area contributed by atoms with Gasteiger partial charge in [0, 0.05) is 12.5 Å². The highest BCUT2D eigenvalue weighted by Crippen LogP contribution is 2.27. The Morgan fingerprint density at radius 1 is 0.867 bits per heavy atom. The molecule has 1 aliphatic heterocycles. The lowest BCUT2D eigenvalue weighted by molar-refractivity contribution is -0.120. The SMILES string of the molecule is O=C(Nc1ccc(F)cc1F)[C@@H](Cc1ccccc1)N1C(=O)c2ccccc2C1=O. The number of benzene rings is 3. The van der Waals surface area contributed by atoms with Gasteiger partial charge in [0.15, 0.2) is 0 Å². The maximum absolute atomic E-state index is 14.0. The van der Waals surface area contributed by atoms with Crippen LogP contribution < -0.4 is 5.32 Å². The number of halogens is 2. The van der Waals surface area contributed by atoms with Crippen LogP contribution in [0.25, 0.3) is 0 Å². The Labute approximate surface area is 170 Å². The Morgan fingerprint density at radius 2 is 1.47 bits per heavy atom. The topological polar surface area (TPSA) is 66.5 Å². The van der Waals surface area contributed by atoms with Crippen LogP contribution in [0.5, 0.6) is 0 Å². The monoisotopic (exact) mass is 406 g/mol. The quantitative estimate of drug-likeness (QED) is 0.656.